The normalized spacial score (nSPS) is 10.3. The Bertz CT molecular complexity index is 627. The van der Waals surface area contributed by atoms with Crippen LogP contribution in [0.15, 0.2) is 24.3 Å². The van der Waals surface area contributed by atoms with Gasteiger partial charge in [-0.3, -0.25) is 4.79 Å². The summed E-state index contributed by atoms with van der Waals surface area (Å²) in [5.41, 5.74) is 2.42. The van der Waals surface area contributed by atoms with E-state index in [1.165, 1.54) is 7.05 Å². The van der Waals surface area contributed by atoms with Crippen LogP contribution in [0.2, 0.25) is 5.02 Å². The molecule has 0 aliphatic carbocycles. The predicted octanol–water partition coefficient (Wildman–Crippen LogP) is 2.17. The van der Waals surface area contributed by atoms with Crippen molar-refractivity contribution in [2.45, 2.75) is 6.92 Å². The summed E-state index contributed by atoms with van der Waals surface area (Å²) in [5.74, 6) is -0.266. The number of phenols is 1. The number of hydrogen-bond acceptors (Lipinski definition) is 4. The number of nitrogens with one attached hydrogen (secondary N) is 1. The fraction of sp³-hybridized carbons (Fsp3) is 0.154. The minimum Gasteiger partial charge on any atom is -0.506 e. The Balaban J connectivity index is 2.43. The summed E-state index contributed by atoms with van der Waals surface area (Å²) in [7, 11) is 1.53. The summed E-state index contributed by atoms with van der Waals surface area (Å²) in [6.07, 6.45) is 0. The van der Waals surface area contributed by atoms with Crippen molar-refractivity contribution in [3.05, 3.63) is 40.5 Å². The Morgan fingerprint density at radius 3 is 2.63 bits per heavy atom. The lowest BCUT2D eigenvalue weighted by molar-refractivity contribution is 0.0957. The fourth-order valence-electron chi connectivity index (χ4n) is 1.67. The molecule has 0 aliphatic rings. The monoisotopic (exact) mass is 277 g/mol. The second kappa shape index (κ2) is 5.24. The average Bonchev–Trinajstić information content (AvgIpc) is 2.42. The van der Waals surface area contributed by atoms with E-state index in [0.29, 0.717) is 5.69 Å². The maximum atomic E-state index is 11.4. The predicted molar refractivity (Wildman–Crippen MR) is 72.3 cm³/mol. The van der Waals surface area contributed by atoms with Crippen molar-refractivity contribution in [1.82, 2.24) is 15.5 Å². The molecule has 0 aliphatic heterocycles. The Hall–Kier alpha value is -2.14. The van der Waals surface area contributed by atoms with Gasteiger partial charge < -0.3 is 10.4 Å². The first-order valence-electron chi connectivity index (χ1n) is 5.58. The van der Waals surface area contributed by atoms with Crippen LogP contribution >= 0.6 is 11.6 Å². The minimum atomic E-state index is -0.292. The summed E-state index contributed by atoms with van der Waals surface area (Å²) in [4.78, 5) is 11.4. The number of halogens is 1. The van der Waals surface area contributed by atoms with Crippen LogP contribution in [0.1, 0.15) is 16.1 Å². The molecule has 0 fully saturated rings. The Kier molecular flexibility index (Phi) is 3.66. The van der Waals surface area contributed by atoms with Crippen molar-refractivity contribution < 1.29 is 9.90 Å². The summed E-state index contributed by atoms with van der Waals surface area (Å²) in [6.45, 7) is 1.83. The van der Waals surface area contributed by atoms with E-state index in [4.69, 9.17) is 11.6 Å². The summed E-state index contributed by atoms with van der Waals surface area (Å²) in [6, 6.07) is 6.45. The van der Waals surface area contributed by atoms with Crippen LogP contribution in [-0.2, 0) is 0 Å². The number of carbonyl (C=O) groups excluding carboxylic acids is 1. The van der Waals surface area contributed by atoms with Crippen LogP contribution in [0.3, 0.4) is 0 Å². The molecule has 98 valence electrons. The summed E-state index contributed by atoms with van der Waals surface area (Å²) < 4.78 is 0. The highest BCUT2D eigenvalue weighted by Gasteiger charge is 2.10. The number of hydrogen-bond donors (Lipinski definition) is 2. The van der Waals surface area contributed by atoms with E-state index in [9.17, 15) is 9.90 Å². The first-order valence-corrected chi connectivity index (χ1v) is 5.96. The van der Waals surface area contributed by atoms with Gasteiger partial charge in [0.25, 0.3) is 5.91 Å². The molecule has 2 aromatic rings. The Labute approximate surface area is 115 Å². The van der Waals surface area contributed by atoms with Gasteiger partial charge in [0, 0.05) is 12.6 Å². The van der Waals surface area contributed by atoms with Crippen molar-refractivity contribution in [1.29, 1.82) is 0 Å². The molecule has 0 spiro atoms. The molecule has 0 saturated carbocycles. The third kappa shape index (κ3) is 2.66. The number of benzene rings is 1. The highest BCUT2D eigenvalue weighted by Crippen LogP contribution is 2.31. The number of aryl methyl sites for hydroxylation is 1. The molecule has 19 heavy (non-hydrogen) atoms. The van der Waals surface area contributed by atoms with Gasteiger partial charge in [0.1, 0.15) is 5.75 Å². The smallest absolute Gasteiger partial charge is 0.271 e. The van der Waals surface area contributed by atoms with Crippen LogP contribution in [0, 0.1) is 6.92 Å². The van der Waals surface area contributed by atoms with Gasteiger partial charge in [-0.2, -0.15) is 0 Å². The number of aromatic hydroxyl groups is 1. The van der Waals surface area contributed by atoms with Crippen LogP contribution in [-0.4, -0.2) is 28.3 Å². The van der Waals surface area contributed by atoms with Crippen molar-refractivity contribution >= 4 is 17.5 Å². The van der Waals surface area contributed by atoms with E-state index in [1.807, 2.05) is 6.92 Å². The minimum absolute atomic E-state index is 0.0258. The molecule has 5 nitrogen and oxygen atoms in total. The fourth-order valence-corrected chi connectivity index (χ4v) is 1.83. The molecule has 0 saturated heterocycles. The van der Waals surface area contributed by atoms with Gasteiger partial charge in [-0.25, -0.2) is 0 Å². The SMILES string of the molecule is CNC(=O)c1ccc(-c2cc(Cl)c(O)cc2C)nn1. The third-order valence-corrected chi connectivity index (χ3v) is 3.00. The van der Waals surface area contributed by atoms with Gasteiger partial charge in [-0.05, 0) is 36.8 Å². The van der Waals surface area contributed by atoms with Crippen molar-refractivity contribution in [2.75, 3.05) is 7.05 Å². The molecule has 1 amide bonds. The molecular weight excluding hydrogens is 266 g/mol. The van der Waals surface area contributed by atoms with Gasteiger partial charge in [0.2, 0.25) is 0 Å². The Morgan fingerprint density at radius 1 is 1.32 bits per heavy atom. The number of amides is 1. The van der Waals surface area contributed by atoms with Crippen LogP contribution in [0.25, 0.3) is 11.3 Å². The van der Waals surface area contributed by atoms with Gasteiger partial charge in [-0.15, -0.1) is 10.2 Å². The summed E-state index contributed by atoms with van der Waals surface area (Å²) >= 11 is 5.88. The largest absolute Gasteiger partial charge is 0.506 e. The van der Waals surface area contributed by atoms with E-state index >= 15 is 0 Å². The zero-order chi connectivity index (χ0) is 14.0. The van der Waals surface area contributed by atoms with E-state index < -0.39 is 0 Å². The molecule has 0 radical (unpaired) electrons. The highest BCUT2D eigenvalue weighted by atomic mass is 35.5. The molecule has 0 unspecified atom stereocenters. The molecule has 1 aromatic carbocycles. The number of carbonyl (C=O) groups is 1. The lowest BCUT2D eigenvalue weighted by atomic mass is 10.0. The van der Waals surface area contributed by atoms with Crippen molar-refractivity contribution in [3.63, 3.8) is 0 Å². The number of phenolic OH excluding ortho intramolecular Hbond substituents is 1. The topological polar surface area (TPSA) is 75.1 Å². The van der Waals surface area contributed by atoms with E-state index in [0.717, 1.165) is 11.1 Å². The number of rotatable bonds is 2. The number of nitrogens with zero attached hydrogens (tertiary/aromatic N) is 2. The second-order valence-corrected chi connectivity index (χ2v) is 4.41. The second-order valence-electron chi connectivity index (χ2n) is 4.00. The molecular formula is C13H12ClN3O2. The average molecular weight is 278 g/mol. The van der Waals surface area contributed by atoms with Gasteiger partial charge in [-0.1, -0.05) is 11.6 Å². The van der Waals surface area contributed by atoms with E-state index in [1.54, 1.807) is 24.3 Å². The maximum Gasteiger partial charge on any atom is 0.271 e. The summed E-state index contributed by atoms with van der Waals surface area (Å²) in [5, 5.41) is 20.1. The van der Waals surface area contributed by atoms with Gasteiger partial charge in [0.15, 0.2) is 5.69 Å². The number of aromatic nitrogens is 2. The molecule has 0 atom stereocenters. The zero-order valence-corrected chi connectivity index (χ0v) is 11.2. The molecule has 6 heteroatoms. The first-order chi connectivity index (χ1) is 9.02. The Morgan fingerprint density at radius 2 is 2.05 bits per heavy atom. The molecule has 0 bridgehead atoms. The van der Waals surface area contributed by atoms with Crippen molar-refractivity contribution in [3.8, 4) is 17.0 Å². The lowest BCUT2D eigenvalue weighted by Gasteiger charge is -2.07. The third-order valence-electron chi connectivity index (χ3n) is 2.69. The van der Waals surface area contributed by atoms with Crippen LogP contribution in [0.4, 0.5) is 0 Å². The van der Waals surface area contributed by atoms with Gasteiger partial charge >= 0.3 is 0 Å². The molecule has 2 N–H and O–H groups in total. The molecule has 2 rings (SSSR count). The van der Waals surface area contributed by atoms with Gasteiger partial charge in [0.05, 0.1) is 10.7 Å². The molecule has 1 heterocycles. The van der Waals surface area contributed by atoms with Crippen molar-refractivity contribution in [2.24, 2.45) is 0 Å². The quantitative estimate of drug-likeness (QED) is 0.882. The zero-order valence-electron chi connectivity index (χ0n) is 10.4. The maximum absolute atomic E-state index is 11.4. The first kappa shape index (κ1) is 13.3. The van der Waals surface area contributed by atoms with Crippen LogP contribution in [0.5, 0.6) is 5.75 Å². The highest BCUT2D eigenvalue weighted by molar-refractivity contribution is 6.32. The van der Waals surface area contributed by atoms with E-state index in [-0.39, 0.29) is 22.4 Å². The van der Waals surface area contributed by atoms with Crippen LogP contribution < -0.4 is 5.32 Å². The standard InChI is InChI=1S/C13H12ClN3O2/c1-7-5-12(18)9(14)6-8(7)10-3-4-11(17-16-10)13(19)15-2/h3-6,18H,1-2H3,(H,15,19). The lowest BCUT2D eigenvalue weighted by Crippen LogP contribution is -2.19. The molecule has 1 aromatic heterocycles. The van der Waals surface area contributed by atoms with E-state index in [2.05, 4.69) is 15.5 Å².